The van der Waals surface area contributed by atoms with Crippen LogP contribution < -0.4 is 0 Å². The summed E-state index contributed by atoms with van der Waals surface area (Å²) >= 11 is 0. The standard InChI is InChI=1S/2C2H6.H2O4S/c2*1-2;1-5(2,3)4/h2*1-2H3;(H2,1,2,3,4). The van der Waals surface area contributed by atoms with E-state index in [1.54, 1.807) is 0 Å². The fraction of sp³-hybridized carbons (Fsp3) is 1.00. The van der Waals surface area contributed by atoms with E-state index in [1.165, 1.54) is 0 Å². The van der Waals surface area contributed by atoms with Crippen LogP contribution in [0.4, 0.5) is 0 Å². The van der Waals surface area contributed by atoms with Crippen molar-refractivity contribution in [2.45, 2.75) is 27.7 Å². The third-order valence-electron chi connectivity index (χ3n) is 0. The number of hydrogen-bond acceptors (Lipinski definition) is 2. The molecule has 5 heteroatoms. The molecule has 60 valence electrons. The molecular formula is C4H14O4S. The molecule has 0 unspecified atom stereocenters. The van der Waals surface area contributed by atoms with E-state index < -0.39 is 10.4 Å². The van der Waals surface area contributed by atoms with Crippen LogP contribution in [0.1, 0.15) is 27.7 Å². The number of hydrogen-bond donors (Lipinski definition) is 2. The highest BCUT2D eigenvalue weighted by atomic mass is 32.3. The second-order valence-corrected chi connectivity index (χ2v) is 1.34. The average Bonchev–Trinajstić information content (AvgIpc) is 1.72. The Labute approximate surface area is 56.5 Å². The van der Waals surface area contributed by atoms with Gasteiger partial charge in [-0.1, -0.05) is 27.7 Å². The lowest BCUT2D eigenvalue weighted by molar-refractivity contribution is 0.381. The van der Waals surface area contributed by atoms with E-state index in [9.17, 15) is 0 Å². The molecule has 4 nitrogen and oxygen atoms in total. The summed E-state index contributed by atoms with van der Waals surface area (Å²) in [6, 6.07) is 0. The van der Waals surface area contributed by atoms with Gasteiger partial charge in [0.2, 0.25) is 0 Å². The predicted octanol–water partition coefficient (Wildman–Crippen LogP) is 1.40. The SMILES string of the molecule is CC.CC.O=S(=O)(O)O. The Balaban J connectivity index is -0.0000000771. The van der Waals surface area contributed by atoms with Crippen LogP contribution in [-0.2, 0) is 10.4 Å². The Morgan fingerprint density at radius 3 is 0.889 bits per heavy atom. The third-order valence-corrected chi connectivity index (χ3v) is 0. The zero-order chi connectivity index (χ0) is 8.50. The van der Waals surface area contributed by atoms with Crippen LogP contribution >= 0.6 is 0 Å². The van der Waals surface area contributed by atoms with Gasteiger partial charge >= 0.3 is 10.4 Å². The molecule has 0 aliphatic heterocycles. The summed E-state index contributed by atoms with van der Waals surface area (Å²) in [6.45, 7) is 8.00. The summed E-state index contributed by atoms with van der Waals surface area (Å²) in [4.78, 5) is 0. The first-order chi connectivity index (χ1) is 4.00. The molecule has 0 saturated heterocycles. The van der Waals surface area contributed by atoms with Gasteiger partial charge in [0.1, 0.15) is 0 Å². The molecule has 0 saturated carbocycles. The molecule has 0 heterocycles. The van der Waals surface area contributed by atoms with E-state index >= 15 is 0 Å². The monoisotopic (exact) mass is 158 g/mol. The van der Waals surface area contributed by atoms with E-state index in [0.29, 0.717) is 0 Å². The van der Waals surface area contributed by atoms with Gasteiger partial charge in [-0.2, -0.15) is 8.42 Å². The maximum Gasteiger partial charge on any atom is 0.394 e. The van der Waals surface area contributed by atoms with Crippen molar-refractivity contribution in [1.29, 1.82) is 0 Å². The van der Waals surface area contributed by atoms with Crippen LogP contribution in [0, 0.1) is 0 Å². The van der Waals surface area contributed by atoms with E-state index in [0.717, 1.165) is 0 Å². The molecular weight excluding hydrogens is 144 g/mol. The minimum absolute atomic E-state index is 2.00. The normalized spacial score (nSPS) is 7.78. The molecule has 2 N–H and O–H groups in total. The number of rotatable bonds is 0. The molecule has 0 bridgehead atoms. The fourth-order valence-electron chi connectivity index (χ4n) is 0. The lowest BCUT2D eigenvalue weighted by Gasteiger charge is -1.68. The molecule has 0 spiro atoms. The highest BCUT2D eigenvalue weighted by molar-refractivity contribution is 7.79. The maximum atomic E-state index is 8.74. The Kier molecular flexibility index (Phi) is 19.1. The second-order valence-electron chi connectivity index (χ2n) is 0.448. The van der Waals surface area contributed by atoms with Gasteiger partial charge in [-0.3, -0.25) is 9.11 Å². The van der Waals surface area contributed by atoms with Gasteiger partial charge in [-0.05, 0) is 0 Å². The molecule has 0 rings (SSSR count). The summed E-state index contributed by atoms with van der Waals surface area (Å²) in [5.41, 5.74) is 0. The average molecular weight is 158 g/mol. The first-order valence-electron chi connectivity index (χ1n) is 2.70. The minimum Gasteiger partial charge on any atom is -0.264 e. The zero-order valence-corrected chi connectivity index (χ0v) is 6.94. The highest BCUT2D eigenvalue weighted by Crippen LogP contribution is 1.59. The largest absolute Gasteiger partial charge is 0.394 e. The molecule has 0 amide bonds. The summed E-state index contributed by atoms with van der Waals surface area (Å²) in [6.07, 6.45) is 0. The second kappa shape index (κ2) is 10.8. The molecule has 0 aliphatic carbocycles. The van der Waals surface area contributed by atoms with Gasteiger partial charge in [-0.25, -0.2) is 0 Å². The highest BCUT2D eigenvalue weighted by Gasteiger charge is 1.84. The van der Waals surface area contributed by atoms with Crippen LogP contribution in [0.3, 0.4) is 0 Å². The molecule has 9 heavy (non-hydrogen) atoms. The molecule has 0 aromatic heterocycles. The van der Waals surface area contributed by atoms with Crippen molar-refractivity contribution in [2.24, 2.45) is 0 Å². The van der Waals surface area contributed by atoms with Gasteiger partial charge < -0.3 is 0 Å². The lowest BCUT2D eigenvalue weighted by Crippen LogP contribution is -1.89. The molecule has 0 radical (unpaired) electrons. The van der Waals surface area contributed by atoms with Crippen molar-refractivity contribution in [3.8, 4) is 0 Å². The van der Waals surface area contributed by atoms with Gasteiger partial charge in [0, 0.05) is 0 Å². The van der Waals surface area contributed by atoms with Crippen LogP contribution in [0.5, 0.6) is 0 Å². The first kappa shape index (κ1) is 15.9. The van der Waals surface area contributed by atoms with Crippen molar-refractivity contribution < 1.29 is 17.5 Å². The molecule has 0 fully saturated rings. The van der Waals surface area contributed by atoms with Gasteiger partial charge in [0.15, 0.2) is 0 Å². The molecule has 0 aliphatic rings. The third kappa shape index (κ3) is 16000. The van der Waals surface area contributed by atoms with Crippen molar-refractivity contribution in [3.05, 3.63) is 0 Å². The van der Waals surface area contributed by atoms with E-state index in [4.69, 9.17) is 17.5 Å². The molecule has 0 aromatic carbocycles. The summed E-state index contributed by atoms with van der Waals surface area (Å²) in [5, 5.41) is 0. The van der Waals surface area contributed by atoms with Crippen molar-refractivity contribution in [1.82, 2.24) is 0 Å². The Hall–Kier alpha value is -0.130. The van der Waals surface area contributed by atoms with Crippen LogP contribution in [0.25, 0.3) is 0 Å². The predicted molar refractivity (Wildman–Crippen MR) is 36.9 cm³/mol. The zero-order valence-electron chi connectivity index (χ0n) is 6.12. The molecule has 0 aromatic rings. The van der Waals surface area contributed by atoms with Crippen molar-refractivity contribution in [2.75, 3.05) is 0 Å². The van der Waals surface area contributed by atoms with E-state index in [1.807, 2.05) is 27.7 Å². The lowest BCUT2D eigenvalue weighted by atomic mass is 11.0. The first-order valence-corrected chi connectivity index (χ1v) is 4.10. The quantitative estimate of drug-likeness (QED) is 0.522. The summed E-state index contributed by atoms with van der Waals surface area (Å²) < 4.78 is 31.6. The van der Waals surface area contributed by atoms with Crippen molar-refractivity contribution in [3.63, 3.8) is 0 Å². The Bertz CT molecular complexity index is 95.7. The van der Waals surface area contributed by atoms with Crippen LogP contribution in [0.2, 0.25) is 0 Å². The van der Waals surface area contributed by atoms with Gasteiger partial charge in [0.05, 0.1) is 0 Å². The topological polar surface area (TPSA) is 74.6 Å². The van der Waals surface area contributed by atoms with E-state index in [-0.39, 0.29) is 0 Å². The van der Waals surface area contributed by atoms with Gasteiger partial charge in [-0.15, -0.1) is 0 Å². The minimum atomic E-state index is -4.67. The maximum absolute atomic E-state index is 8.74. The Morgan fingerprint density at radius 2 is 0.889 bits per heavy atom. The van der Waals surface area contributed by atoms with Crippen molar-refractivity contribution >= 4 is 10.4 Å². The van der Waals surface area contributed by atoms with Crippen LogP contribution in [0.15, 0.2) is 0 Å². The Morgan fingerprint density at radius 1 is 0.889 bits per heavy atom. The summed E-state index contributed by atoms with van der Waals surface area (Å²) in [5.74, 6) is 0. The van der Waals surface area contributed by atoms with Crippen LogP contribution in [-0.4, -0.2) is 17.5 Å². The van der Waals surface area contributed by atoms with Gasteiger partial charge in [0.25, 0.3) is 0 Å². The fourth-order valence-corrected chi connectivity index (χ4v) is 0. The summed E-state index contributed by atoms with van der Waals surface area (Å²) in [7, 11) is -4.67. The molecule has 0 atom stereocenters. The van der Waals surface area contributed by atoms with E-state index in [2.05, 4.69) is 0 Å². The smallest absolute Gasteiger partial charge is 0.264 e.